The number of carbonyl (C=O) groups excluding carboxylic acids is 1. The Hall–Kier alpha value is -2.50. The zero-order valence-electron chi connectivity index (χ0n) is 13.7. The van der Waals surface area contributed by atoms with Gasteiger partial charge in [-0.2, -0.15) is 11.3 Å². The number of pyridine rings is 1. The zero-order valence-corrected chi connectivity index (χ0v) is 14.6. The van der Waals surface area contributed by atoms with Crippen LogP contribution >= 0.6 is 11.3 Å². The Bertz CT molecular complexity index is 876. The Balaban J connectivity index is 1.54. The van der Waals surface area contributed by atoms with Gasteiger partial charge in [-0.05, 0) is 58.1 Å². The summed E-state index contributed by atoms with van der Waals surface area (Å²) in [6.45, 7) is 1.68. The first-order valence-electron chi connectivity index (χ1n) is 8.37. The van der Waals surface area contributed by atoms with E-state index >= 15 is 0 Å². The summed E-state index contributed by atoms with van der Waals surface area (Å²) in [6, 6.07) is 10.8. The summed E-state index contributed by atoms with van der Waals surface area (Å²) >= 11 is 1.72. The molecule has 3 heterocycles. The summed E-state index contributed by atoms with van der Waals surface area (Å²) in [4.78, 5) is 15.2. The largest absolute Gasteiger partial charge is 0.381 e. The summed E-state index contributed by atoms with van der Waals surface area (Å²) in [6.07, 6.45) is 5.23. The van der Waals surface area contributed by atoms with Crippen LogP contribution in [0.25, 0.3) is 11.1 Å². The summed E-state index contributed by atoms with van der Waals surface area (Å²) < 4.78 is 0. The molecule has 1 aliphatic rings. The van der Waals surface area contributed by atoms with Crippen LogP contribution in [-0.4, -0.2) is 24.4 Å². The molecule has 0 saturated heterocycles. The van der Waals surface area contributed by atoms with Crippen LogP contribution in [0.5, 0.6) is 0 Å². The summed E-state index contributed by atoms with van der Waals surface area (Å²) in [7, 11) is 0. The number of rotatable bonds is 5. The van der Waals surface area contributed by atoms with Crippen LogP contribution in [0.1, 0.15) is 27.5 Å². The minimum absolute atomic E-state index is 0.222. The molecule has 2 N–H and O–H groups in total. The fourth-order valence-electron chi connectivity index (χ4n) is 3.31. The topological polar surface area (TPSA) is 54.0 Å². The van der Waals surface area contributed by atoms with Crippen molar-refractivity contribution in [2.75, 3.05) is 18.4 Å². The van der Waals surface area contributed by atoms with Gasteiger partial charge in [0.2, 0.25) is 0 Å². The van der Waals surface area contributed by atoms with Crippen molar-refractivity contribution < 1.29 is 4.79 Å². The van der Waals surface area contributed by atoms with Crippen LogP contribution in [0.3, 0.4) is 0 Å². The number of fused-ring (bicyclic) bond motifs is 1. The molecule has 1 atom stereocenters. The van der Waals surface area contributed by atoms with E-state index < -0.39 is 0 Å². The molecule has 2 aromatic heterocycles. The van der Waals surface area contributed by atoms with Crippen LogP contribution < -0.4 is 10.6 Å². The molecule has 1 aliphatic heterocycles. The van der Waals surface area contributed by atoms with Gasteiger partial charge in [0.25, 0.3) is 0 Å². The Kier molecular flexibility index (Phi) is 4.59. The van der Waals surface area contributed by atoms with Gasteiger partial charge in [0.05, 0.1) is 11.9 Å². The van der Waals surface area contributed by atoms with Crippen molar-refractivity contribution >= 4 is 23.3 Å². The Morgan fingerprint density at radius 3 is 3.08 bits per heavy atom. The van der Waals surface area contributed by atoms with Crippen molar-refractivity contribution in [3.8, 4) is 11.1 Å². The summed E-state index contributed by atoms with van der Waals surface area (Å²) in [5.74, 6) is 0. The lowest BCUT2D eigenvalue weighted by atomic mass is 9.91. The smallest absolute Gasteiger partial charge is 0.152 e. The van der Waals surface area contributed by atoms with Crippen molar-refractivity contribution in [1.29, 1.82) is 0 Å². The average Bonchev–Trinajstić information content (AvgIpc) is 3.21. The van der Waals surface area contributed by atoms with Gasteiger partial charge in [0, 0.05) is 24.3 Å². The van der Waals surface area contributed by atoms with Gasteiger partial charge in [0.15, 0.2) is 6.29 Å². The Morgan fingerprint density at radius 2 is 2.24 bits per heavy atom. The normalized spacial score (nSPS) is 16.2. The number of hydrogen-bond acceptors (Lipinski definition) is 5. The van der Waals surface area contributed by atoms with Crippen LogP contribution in [0.2, 0.25) is 0 Å². The molecular weight excluding hydrogens is 330 g/mol. The number of aldehydes is 1. The van der Waals surface area contributed by atoms with Gasteiger partial charge in [-0.3, -0.25) is 9.78 Å². The lowest BCUT2D eigenvalue weighted by molar-refractivity contribution is 0.112. The molecule has 0 fully saturated rings. The second kappa shape index (κ2) is 7.17. The number of aromatic nitrogens is 1. The predicted molar refractivity (Wildman–Crippen MR) is 102 cm³/mol. The Labute approximate surface area is 150 Å². The number of nitrogens with zero attached hydrogens (tertiary/aromatic N) is 1. The lowest BCUT2D eigenvalue weighted by Gasteiger charge is -2.28. The number of anilines is 1. The van der Waals surface area contributed by atoms with E-state index in [2.05, 4.69) is 50.6 Å². The van der Waals surface area contributed by atoms with E-state index in [1.807, 2.05) is 0 Å². The van der Waals surface area contributed by atoms with Crippen molar-refractivity contribution in [2.24, 2.45) is 0 Å². The van der Waals surface area contributed by atoms with Crippen molar-refractivity contribution in [3.63, 3.8) is 0 Å². The maximum Gasteiger partial charge on any atom is 0.152 e. The molecule has 25 heavy (non-hydrogen) atoms. The third kappa shape index (κ3) is 3.34. The van der Waals surface area contributed by atoms with Gasteiger partial charge in [0.1, 0.15) is 0 Å². The van der Waals surface area contributed by atoms with Gasteiger partial charge in [-0.25, -0.2) is 0 Å². The number of nitrogens with one attached hydrogen (secondary N) is 2. The van der Waals surface area contributed by atoms with E-state index in [1.165, 1.54) is 22.3 Å². The highest BCUT2D eigenvalue weighted by Gasteiger charge is 2.20. The molecule has 5 heteroatoms. The quantitative estimate of drug-likeness (QED) is 0.686. The molecule has 0 amide bonds. The molecule has 4 rings (SSSR count). The van der Waals surface area contributed by atoms with Crippen LogP contribution in [-0.2, 0) is 6.42 Å². The van der Waals surface area contributed by atoms with Gasteiger partial charge < -0.3 is 10.6 Å². The van der Waals surface area contributed by atoms with Crippen molar-refractivity contribution in [2.45, 2.75) is 12.5 Å². The van der Waals surface area contributed by atoms with E-state index in [0.29, 0.717) is 5.56 Å². The SMILES string of the molecule is O=Cc1ccncc1NC[C@H]1NCCc2cc(-c3ccsc3)ccc21. The van der Waals surface area contributed by atoms with Crippen LogP contribution in [0.4, 0.5) is 5.69 Å². The maximum atomic E-state index is 11.1. The molecule has 0 aliphatic carbocycles. The molecule has 4 nitrogen and oxygen atoms in total. The molecular formula is C20H19N3OS. The van der Waals surface area contributed by atoms with Crippen molar-refractivity contribution in [3.05, 3.63) is 70.2 Å². The molecule has 126 valence electrons. The number of benzene rings is 1. The third-order valence-corrected chi connectivity index (χ3v) is 5.32. The maximum absolute atomic E-state index is 11.1. The molecule has 0 saturated carbocycles. The summed E-state index contributed by atoms with van der Waals surface area (Å²) in [5.41, 5.74) is 6.71. The second-order valence-electron chi connectivity index (χ2n) is 6.14. The highest BCUT2D eigenvalue weighted by Crippen LogP contribution is 2.30. The van der Waals surface area contributed by atoms with E-state index in [0.717, 1.165) is 31.5 Å². The molecule has 0 unspecified atom stereocenters. The zero-order chi connectivity index (χ0) is 17.1. The number of carbonyl (C=O) groups is 1. The van der Waals surface area contributed by atoms with E-state index in [4.69, 9.17) is 0 Å². The highest BCUT2D eigenvalue weighted by atomic mass is 32.1. The second-order valence-corrected chi connectivity index (χ2v) is 6.92. The molecule has 0 radical (unpaired) electrons. The predicted octanol–water partition coefficient (Wildman–Crippen LogP) is 3.92. The molecule has 1 aromatic carbocycles. The van der Waals surface area contributed by atoms with E-state index in [1.54, 1.807) is 29.8 Å². The van der Waals surface area contributed by atoms with Gasteiger partial charge in [-0.1, -0.05) is 18.2 Å². The van der Waals surface area contributed by atoms with E-state index in [9.17, 15) is 4.79 Å². The monoisotopic (exact) mass is 349 g/mol. The van der Waals surface area contributed by atoms with Crippen LogP contribution in [0.15, 0.2) is 53.5 Å². The van der Waals surface area contributed by atoms with E-state index in [-0.39, 0.29) is 6.04 Å². The molecule has 0 bridgehead atoms. The fraction of sp³-hybridized carbons (Fsp3) is 0.200. The molecule has 3 aromatic rings. The van der Waals surface area contributed by atoms with Gasteiger partial charge >= 0.3 is 0 Å². The number of hydrogen-bond donors (Lipinski definition) is 2. The highest BCUT2D eigenvalue weighted by molar-refractivity contribution is 7.08. The molecule has 0 spiro atoms. The van der Waals surface area contributed by atoms with Crippen LogP contribution in [0, 0.1) is 0 Å². The first-order valence-corrected chi connectivity index (χ1v) is 9.31. The summed E-state index contributed by atoms with van der Waals surface area (Å²) in [5, 5.41) is 11.2. The number of thiophene rings is 1. The first kappa shape index (κ1) is 16.0. The first-order chi connectivity index (χ1) is 12.3. The van der Waals surface area contributed by atoms with Gasteiger partial charge in [-0.15, -0.1) is 0 Å². The fourth-order valence-corrected chi connectivity index (χ4v) is 3.98. The Morgan fingerprint density at radius 1 is 1.28 bits per heavy atom. The third-order valence-electron chi connectivity index (χ3n) is 4.64. The lowest BCUT2D eigenvalue weighted by Crippen LogP contribution is -2.34. The standard InChI is InChI=1S/C20H19N3OS/c24-12-16-3-6-21-10-19(16)23-11-20-18-2-1-14(17-5-8-25-13-17)9-15(18)4-7-22-20/h1-3,5-6,8-10,12-13,20,22-23H,4,7,11H2/t20-/m1/s1. The minimum Gasteiger partial charge on any atom is -0.381 e. The average molecular weight is 349 g/mol. The van der Waals surface area contributed by atoms with Crippen molar-refractivity contribution in [1.82, 2.24) is 10.3 Å². The minimum atomic E-state index is 0.222.